The van der Waals surface area contributed by atoms with Crippen molar-refractivity contribution in [3.63, 3.8) is 0 Å². The number of carbonyl (C=O) groups excluding carboxylic acids is 1. The minimum absolute atomic E-state index is 0.105. The molecule has 0 aliphatic heterocycles. The van der Waals surface area contributed by atoms with Gasteiger partial charge in [0.1, 0.15) is 5.60 Å². The van der Waals surface area contributed by atoms with Crippen LogP contribution < -0.4 is 0 Å². The lowest BCUT2D eigenvalue weighted by atomic mass is 9.88. The summed E-state index contributed by atoms with van der Waals surface area (Å²) >= 11 is 0. The van der Waals surface area contributed by atoms with Gasteiger partial charge in [-0.05, 0) is 19.8 Å². The van der Waals surface area contributed by atoms with Crippen LogP contribution >= 0.6 is 0 Å². The number of hydrogen-bond acceptors (Lipinski definition) is 3. The molecule has 0 aromatic carbocycles. The van der Waals surface area contributed by atoms with Gasteiger partial charge in [0, 0.05) is 19.4 Å². The predicted octanol–water partition coefficient (Wildman–Crippen LogP) is 5.37. The highest BCUT2D eigenvalue weighted by Gasteiger charge is 2.32. The van der Waals surface area contributed by atoms with Crippen LogP contribution in [0.2, 0.25) is 0 Å². The van der Waals surface area contributed by atoms with Crippen LogP contribution in [0.5, 0.6) is 0 Å². The zero-order valence-electron chi connectivity index (χ0n) is 16.0. The summed E-state index contributed by atoms with van der Waals surface area (Å²) in [6, 6.07) is 0. The topological polar surface area (TPSA) is 57.5 Å². The zero-order chi connectivity index (χ0) is 18.1. The Morgan fingerprint density at radius 3 is 1.62 bits per heavy atom. The lowest BCUT2D eigenvalue weighted by Gasteiger charge is -2.24. The van der Waals surface area contributed by atoms with Crippen LogP contribution in [0.4, 0.5) is 0 Å². The molecule has 143 valence electrons. The van der Waals surface area contributed by atoms with Gasteiger partial charge < -0.3 is 10.2 Å². The predicted molar refractivity (Wildman–Crippen MR) is 102 cm³/mol. The number of aliphatic hydroxyl groups excluding tert-OH is 1. The van der Waals surface area contributed by atoms with Gasteiger partial charge in [-0.25, -0.2) is 0 Å². The second-order valence-corrected chi connectivity index (χ2v) is 7.17. The SMILES string of the molecule is [CH2]CC(O)(CCO)C(=O)CCCCCCCCCCCCCCC. The maximum atomic E-state index is 12.0. The first kappa shape index (κ1) is 23.6. The molecule has 0 heterocycles. The molecule has 0 aliphatic carbocycles. The van der Waals surface area contributed by atoms with E-state index < -0.39 is 5.60 Å². The Bertz CT molecular complexity index is 291. The van der Waals surface area contributed by atoms with Crippen molar-refractivity contribution in [2.75, 3.05) is 6.61 Å². The van der Waals surface area contributed by atoms with Gasteiger partial charge in [0.15, 0.2) is 5.78 Å². The minimum atomic E-state index is -1.41. The van der Waals surface area contributed by atoms with Crippen LogP contribution in [-0.2, 0) is 4.79 Å². The minimum Gasteiger partial charge on any atom is -0.396 e. The van der Waals surface area contributed by atoms with Crippen LogP contribution in [0.1, 0.15) is 110 Å². The molecule has 24 heavy (non-hydrogen) atoms. The largest absolute Gasteiger partial charge is 0.396 e. The average molecular weight is 342 g/mol. The molecule has 2 N–H and O–H groups in total. The highest BCUT2D eigenvalue weighted by Crippen LogP contribution is 2.20. The summed E-state index contributed by atoms with van der Waals surface area (Å²) in [4.78, 5) is 12.0. The molecule has 1 atom stereocenters. The normalized spacial score (nSPS) is 13.8. The number of ketones is 1. The van der Waals surface area contributed by atoms with E-state index >= 15 is 0 Å². The quantitative estimate of drug-likeness (QED) is 0.329. The number of rotatable bonds is 18. The number of carbonyl (C=O) groups is 1. The van der Waals surface area contributed by atoms with Gasteiger partial charge in [0.2, 0.25) is 0 Å². The van der Waals surface area contributed by atoms with E-state index in [1.54, 1.807) is 0 Å². The molecule has 0 aromatic rings. The van der Waals surface area contributed by atoms with Crippen molar-refractivity contribution in [3.8, 4) is 0 Å². The van der Waals surface area contributed by atoms with E-state index in [4.69, 9.17) is 5.11 Å². The summed E-state index contributed by atoms with van der Waals surface area (Å²) in [5.74, 6) is -0.158. The lowest BCUT2D eigenvalue weighted by Crippen LogP contribution is -2.38. The average Bonchev–Trinajstić information content (AvgIpc) is 2.58. The molecule has 0 fully saturated rings. The molecular formula is C21H41O3. The second kappa shape index (κ2) is 16.1. The monoisotopic (exact) mass is 341 g/mol. The highest BCUT2D eigenvalue weighted by atomic mass is 16.3. The molecule has 0 aliphatic rings. The summed E-state index contributed by atoms with van der Waals surface area (Å²) in [6.45, 7) is 5.72. The summed E-state index contributed by atoms with van der Waals surface area (Å²) in [7, 11) is 0. The maximum absolute atomic E-state index is 12.0. The van der Waals surface area contributed by atoms with Gasteiger partial charge >= 0.3 is 0 Å². The molecule has 0 amide bonds. The van der Waals surface area contributed by atoms with E-state index in [1.165, 1.54) is 70.6 Å². The van der Waals surface area contributed by atoms with E-state index in [-0.39, 0.29) is 25.2 Å². The molecular weight excluding hydrogens is 300 g/mol. The molecule has 0 aromatic heterocycles. The molecule has 1 unspecified atom stereocenters. The molecule has 0 bridgehead atoms. The van der Waals surface area contributed by atoms with Gasteiger partial charge in [0.05, 0.1) is 0 Å². The third-order valence-electron chi connectivity index (χ3n) is 4.97. The summed E-state index contributed by atoms with van der Waals surface area (Å²) in [5.41, 5.74) is -1.41. The smallest absolute Gasteiger partial charge is 0.164 e. The van der Waals surface area contributed by atoms with Crippen LogP contribution in [0.15, 0.2) is 0 Å². The van der Waals surface area contributed by atoms with E-state index in [1.807, 2.05) is 0 Å². The first-order chi connectivity index (χ1) is 11.6. The Hall–Kier alpha value is -0.410. The Balaban J connectivity index is 3.40. The van der Waals surface area contributed by atoms with E-state index in [2.05, 4.69) is 13.8 Å². The third-order valence-corrected chi connectivity index (χ3v) is 4.97. The molecule has 0 saturated heterocycles. The number of hydrogen-bond donors (Lipinski definition) is 2. The Kier molecular flexibility index (Phi) is 15.8. The Labute approximate surface area is 150 Å². The van der Waals surface area contributed by atoms with Crippen molar-refractivity contribution in [1.29, 1.82) is 0 Å². The van der Waals surface area contributed by atoms with Gasteiger partial charge in [-0.1, -0.05) is 84.0 Å². The van der Waals surface area contributed by atoms with Crippen molar-refractivity contribution in [2.45, 2.75) is 115 Å². The fourth-order valence-electron chi connectivity index (χ4n) is 3.12. The van der Waals surface area contributed by atoms with Crippen molar-refractivity contribution in [3.05, 3.63) is 6.92 Å². The van der Waals surface area contributed by atoms with Crippen molar-refractivity contribution >= 4 is 5.78 Å². The van der Waals surface area contributed by atoms with Gasteiger partial charge in [-0.15, -0.1) is 0 Å². The van der Waals surface area contributed by atoms with Crippen LogP contribution in [0, 0.1) is 6.92 Å². The van der Waals surface area contributed by atoms with E-state index in [9.17, 15) is 9.90 Å². The van der Waals surface area contributed by atoms with Gasteiger partial charge in [-0.3, -0.25) is 4.79 Å². The summed E-state index contributed by atoms with van der Waals surface area (Å²) in [5, 5.41) is 19.0. The molecule has 3 nitrogen and oxygen atoms in total. The number of Topliss-reactive ketones (excluding diaryl/α,β-unsaturated/α-hetero) is 1. The highest BCUT2D eigenvalue weighted by molar-refractivity contribution is 5.87. The fourth-order valence-corrected chi connectivity index (χ4v) is 3.12. The summed E-state index contributed by atoms with van der Waals surface area (Å²) < 4.78 is 0. The van der Waals surface area contributed by atoms with Gasteiger partial charge in [-0.2, -0.15) is 0 Å². The molecule has 0 spiro atoms. The van der Waals surface area contributed by atoms with Crippen LogP contribution in [0.3, 0.4) is 0 Å². The molecule has 3 heteroatoms. The van der Waals surface area contributed by atoms with Gasteiger partial charge in [0.25, 0.3) is 0 Å². The molecule has 0 saturated carbocycles. The Morgan fingerprint density at radius 2 is 1.25 bits per heavy atom. The van der Waals surface area contributed by atoms with Crippen LogP contribution in [-0.4, -0.2) is 28.2 Å². The van der Waals surface area contributed by atoms with Crippen LogP contribution in [0.25, 0.3) is 0 Å². The molecule has 0 rings (SSSR count). The summed E-state index contributed by atoms with van der Waals surface area (Å²) in [6.07, 6.45) is 17.3. The second-order valence-electron chi connectivity index (χ2n) is 7.17. The van der Waals surface area contributed by atoms with Crippen molar-refractivity contribution in [1.82, 2.24) is 0 Å². The molecule has 1 radical (unpaired) electrons. The van der Waals surface area contributed by atoms with E-state index in [0.29, 0.717) is 6.42 Å². The number of aliphatic hydroxyl groups is 2. The lowest BCUT2D eigenvalue weighted by molar-refractivity contribution is -0.138. The number of unbranched alkanes of at least 4 members (excludes halogenated alkanes) is 12. The fraction of sp³-hybridized carbons (Fsp3) is 0.905. The Morgan fingerprint density at radius 1 is 0.833 bits per heavy atom. The first-order valence-electron chi connectivity index (χ1n) is 10.3. The standard InChI is InChI=1S/C21H41O3/c1-3-5-6-7-8-9-10-11-12-13-14-15-16-17-20(23)21(24,4-2)18-19-22/h22,24H,2-19H2,1H3. The van der Waals surface area contributed by atoms with Crippen molar-refractivity contribution < 1.29 is 15.0 Å². The van der Waals surface area contributed by atoms with E-state index in [0.717, 1.165) is 12.8 Å². The zero-order valence-corrected chi connectivity index (χ0v) is 16.0. The van der Waals surface area contributed by atoms with Crippen molar-refractivity contribution in [2.24, 2.45) is 0 Å². The third kappa shape index (κ3) is 12.0. The first-order valence-corrected chi connectivity index (χ1v) is 10.3. The maximum Gasteiger partial charge on any atom is 0.164 e.